The van der Waals surface area contributed by atoms with Gasteiger partial charge >= 0.3 is 0 Å². The first-order valence-electron chi connectivity index (χ1n) is 4.68. The Morgan fingerprint density at radius 3 is 2.57 bits per heavy atom. The van der Waals surface area contributed by atoms with Gasteiger partial charge in [-0.3, -0.25) is 4.79 Å². The highest BCUT2D eigenvalue weighted by Crippen LogP contribution is 2.16. The Morgan fingerprint density at radius 1 is 1.43 bits per heavy atom. The van der Waals surface area contributed by atoms with Crippen molar-refractivity contribution in [1.82, 2.24) is 0 Å². The Morgan fingerprint density at radius 2 is 2.07 bits per heavy atom. The van der Waals surface area contributed by atoms with Gasteiger partial charge in [0.1, 0.15) is 5.78 Å². The second-order valence-corrected chi connectivity index (χ2v) is 3.16. The van der Waals surface area contributed by atoms with Crippen LogP contribution in [0.1, 0.15) is 17.9 Å². The predicted molar refractivity (Wildman–Crippen MR) is 58.1 cm³/mol. The molecule has 1 aromatic carbocycles. The zero-order valence-electron chi connectivity index (χ0n) is 8.15. The maximum atomic E-state index is 11.6. The molecule has 0 aliphatic heterocycles. The van der Waals surface area contributed by atoms with Crippen LogP contribution in [0.15, 0.2) is 43.0 Å². The Kier molecular flexibility index (Phi) is 4.08. The molecule has 74 valence electrons. The summed E-state index contributed by atoms with van der Waals surface area (Å²) in [5.41, 5.74) is 6.57. The number of Topliss-reactive ketones (excluding diaryl/α,β-unsaturated/α-hetero) is 1. The molecule has 14 heavy (non-hydrogen) atoms. The summed E-state index contributed by atoms with van der Waals surface area (Å²) in [6.07, 6.45) is 2.00. The van der Waals surface area contributed by atoms with Gasteiger partial charge in [-0.15, -0.1) is 6.58 Å². The van der Waals surface area contributed by atoms with Crippen LogP contribution in [0, 0.1) is 0 Å². The van der Waals surface area contributed by atoms with E-state index in [0.29, 0.717) is 13.0 Å². The van der Waals surface area contributed by atoms with Gasteiger partial charge in [0.15, 0.2) is 0 Å². The van der Waals surface area contributed by atoms with Gasteiger partial charge in [0.25, 0.3) is 0 Å². The van der Waals surface area contributed by atoms with Gasteiger partial charge in [0, 0.05) is 13.0 Å². The minimum absolute atomic E-state index is 0.133. The van der Waals surface area contributed by atoms with Crippen molar-refractivity contribution in [3.63, 3.8) is 0 Å². The van der Waals surface area contributed by atoms with E-state index >= 15 is 0 Å². The van der Waals surface area contributed by atoms with Crippen molar-refractivity contribution in [1.29, 1.82) is 0 Å². The highest BCUT2D eigenvalue weighted by atomic mass is 16.1. The fourth-order valence-corrected chi connectivity index (χ4v) is 1.42. The standard InChI is InChI=1S/C12H15NO/c1-2-6-12(14)11(9-13)10-7-4-3-5-8-10/h2-5,7-8,11H,1,6,9,13H2. The monoisotopic (exact) mass is 189 g/mol. The molecule has 1 rings (SSSR count). The molecule has 0 spiro atoms. The van der Waals surface area contributed by atoms with E-state index in [9.17, 15) is 4.79 Å². The van der Waals surface area contributed by atoms with Crippen molar-refractivity contribution in [2.45, 2.75) is 12.3 Å². The van der Waals surface area contributed by atoms with E-state index in [0.717, 1.165) is 5.56 Å². The molecule has 1 aromatic rings. The first-order chi connectivity index (χ1) is 6.79. The summed E-state index contributed by atoms with van der Waals surface area (Å²) >= 11 is 0. The molecule has 0 aliphatic carbocycles. The van der Waals surface area contributed by atoms with Gasteiger partial charge in [-0.1, -0.05) is 36.4 Å². The van der Waals surface area contributed by atoms with Crippen LogP contribution in [0.5, 0.6) is 0 Å². The third-order valence-corrected chi connectivity index (χ3v) is 2.17. The van der Waals surface area contributed by atoms with E-state index in [1.165, 1.54) is 0 Å². The summed E-state index contributed by atoms with van der Waals surface area (Å²) in [6, 6.07) is 9.62. The summed E-state index contributed by atoms with van der Waals surface area (Å²) < 4.78 is 0. The summed E-state index contributed by atoms with van der Waals surface area (Å²) in [5.74, 6) is -0.0529. The number of nitrogens with two attached hydrogens (primary N) is 1. The number of rotatable bonds is 5. The number of carbonyl (C=O) groups is 1. The van der Waals surface area contributed by atoms with Crippen LogP contribution in [0.2, 0.25) is 0 Å². The van der Waals surface area contributed by atoms with Gasteiger partial charge in [-0.2, -0.15) is 0 Å². The van der Waals surface area contributed by atoms with Crippen molar-refractivity contribution in [2.75, 3.05) is 6.54 Å². The Labute approximate surface area is 84.4 Å². The normalized spacial score (nSPS) is 12.1. The first-order valence-corrected chi connectivity index (χ1v) is 4.68. The zero-order chi connectivity index (χ0) is 10.4. The predicted octanol–water partition coefficient (Wildman–Crippen LogP) is 1.87. The minimum atomic E-state index is -0.186. The van der Waals surface area contributed by atoms with Gasteiger partial charge in [-0.05, 0) is 5.56 Å². The molecule has 0 amide bonds. The van der Waals surface area contributed by atoms with Crippen molar-refractivity contribution >= 4 is 5.78 Å². The average molecular weight is 189 g/mol. The van der Waals surface area contributed by atoms with Crippen LogP contribution in [0.4, 0.5) is 0 Å². The van der Waals surface area contributed by atoms with E-state index in [4.69, 9.17) is 5.73 Å². The van der Waals surface area contributed by atoms with Crippen molar-refractivity contribution in [3.8, 4) is 0 Å². The molecule has 0 fully saturated rings. The molecule has 0 radical (unpaired) electrons. The lowest BCUT2D eigenvalue weighted by atomic mass is 9.93. The molecule has 1 atom stereocenters. The fourth-order valence-electron chi connectivity index (χ4n) is 1.42. The van der Waals surface area contributed by atoms with Crippen LogP contribution in [-0.4, -0.2) is 12.3 Å². The molecule has 2 heteroatoms. The molecule has 2 nitrogen and oxygen atoms in total. The lowest BCUT2D eigenvalue weighted by molar-refractivity contribution is -0.119. The fraction of sp³-hybridized carbons (Fsp3) is 0.250. The molecular formula is C12H15NO. The van der Waals surface area contributed by atoms with E-state index in [2.05, 4.69) is 6.58 Å². The third kappa shape index (κ3) is 2.54. The summed E-state index contributed by atoms with van der Waals surface area (Å²) in [5, 5.41) is 0. The summed E-state index contributed by atoms with van der Waals surface area (Å²) in [6.45, 7) is 3.91. The molecule has 0 aliphatic rings. The van der Waals surface area contributed by atoms with Crippen LogP contribution < -0.4 is 5.73 Å². The zero-order valence-corrected chi connectivity index (χ0v) is 8.15. The molecular weight excluding hydrogens is 174 g/mol. The van der Waals surface area contributed by atoms with Gasteiger partial charge in [0.05, 0.1) is 5.92 Å². The van der Waals surface area contributed by atoms with Gasteiger partial charge in [-0.25, -0.2) is 0 Å². The second kappa shape index (κ2) is 5.35. The highest BCUT2D eigenvalue weighted by Gasteiger charge is 2.16. The molecule has 0 saturated heterocycles. The molecule has 0 saturated carbocycles. The number of hydrogen-bond acceptors (Lipinski definition) is 2. The number of carbonyl (C=O) groups excluding carboxylic acids is 1. The van der Waals surface area contributed by atoms with Crippen molar-refractivity contribution < 1.29 is 4.79 Å². The van der Waals surface area contributed by atoms with Crippen LogP contribution in [-0.2, 0) is 4.79 Å². The molecule has 0 heterocycles. The SMILES string of the molecule is C=CCC(=O)C(CN)c1ccccc1. The third-order valence-electron chi connectivity index (χ3n) is 2.17. The number of allylic oxidation sites excluding steroid dienone is 1. The van der Waals surface area contributed by atoms with Crippen LogP contribution >= 0.6 is 0 Å². The van der Waals surface area contributed by atoms with Crippen molar-refractivity contribution in [2.24, 2.45) is 5.73 Å². The Hall–Kier alpha value is -1.41. The minimum Gasteiger partial charge on any atom is -0.329 e. The Bertz CT molecular complexity index is 305. The smallest absolute Gasteiger partial charge is 0.145 e. The molecule has 0 bridgehead atoms. The average Bonchev–Trinajstić information content (AvgIpc) is 2.21. The number of ketones is 1. The lowest BCUT2D eigenvalue weighted by Gasteiger charge is -2.12. The summed E-state index contributed by atoms with van der Waals surface area (Å²) in [7, 11) is 0. The van der Waals surface area contributed by atoms with E-state index in [1.54, 1.807) is 6.08 Å². The van der Waals surface area contributed by atoms with Crippen LogP contribution in [0.3, 0.4) is 0 Å². The largest absolute Gasteiger partial charge is 0.329 e. The lowest BCUT2D eigenvalue weighted by Crippen LogP contribution is -2.21. The van der Waals surface area contributed by atoms with E-state index in [1.807, 2.05) is 30.3 Å². The maximum absolute atomic E-state index is 11.6. The van der Waals surface area contributed by atoms with Crippen LogP contribution in [0.25, 0.3) is 0 Å². The topological polar surface area (TPSA) is 43.1 Å². The highest BCUT2D eigenvalue weighted by molar-refractivity contribution is 5.87. The molecule has 2 N–H and O–H groups in total. The molecule has 1 unspecified atom stereocenters. The maximum Gasteiger partial charge on any atom is 0.145 e. The molecule has 0 aromatic heterocycles. The first kappa shape index (κ1) is 10.7. The van der Waals surface area contributed by atoms with Crippen molar-refractivity contribution in [3.05, 3.63) is 48.6 Å². The summed E-state index contributed by atoms with van der Waals surface area (Å²) in [4.78, 5) is 11.6. The van der Waals surface area contributed by atoms with E-state index in [-0.39, 0.29) is 11.7 Å². The number of benzene rings is 1. The van der Waals surface area contributed by atoms with Gasteiger partial charge < -0.3 is 5.73 Å². The second-order valence-electron chi connectivity index (χ2n) is 3.16. The van der Waals surface area contributed by atoms with Gasteiger partial charge in [0.2, 0.25) is 0 Å². The van der Waals surface area contributed by atoms with E-state index < -0.39 is 0 Å². The number of hydrogen-bond donors (Lipinski definition) is 1. The Balaban J connectivity index is 2.82. The quantitative estimate of drug-likeness (QED) is 0.718.